The molecule has 2 amide bonds. The fraction of sp³-hybridized carbons (Fsp3) is 0.850. The number of esters is 3. The molecule has 11 nitrogen and oxygen atoms in total. The molecule has 416 valence electrons. The Balaban J connectivity index is 1.87. The molecular formula is C60H107N3O8S. The van der Waals surface area contributed by atoms with Gasteiger partial charge in [0.25, 0.3) is 0 Å². The summed E-state index contributed by atoms with van der Waals surface area (Å²) in [5, 5.41) is 3.52. The molecule has 2 rings (SSSR count). The lowest BCUT2D eigenvalue weighted by Gasteiger charge is -2.27. The van der Waals surface area contributed by atoms with Crippen LogP contribution in [0.5, 0.6) is 0 Å². The predicted octanol–water partition coefficient (Wildman–Crippen LogP) is 15.7. The summed E-state index contributed by atoms with van der Waals surface area (Å²) < 4.78 is 17.3. The molecular weight excluding hydrogens is 923 g/mol. The average molecular weight is 1030 g/mol. The van der Waals surface area contributed by atoms with Gasteiger partial charge in [0.2, 0.25) is 11.8 Å². The smallest absolute Gasteiger partial charge is 0.341 e. The van der Waals surface area contributed by atoms with E-state index in [1.54, 1.807) is 0 Å². The molecule has 0 bridgehead atoms. The van der Waals surface area contributed by atoms with Crippen LogP contribution in [0.1, 0.15) is 280 Å². The average Bonchev–Trinajstić information content (AvgIpc) is 3.72. The SMILES string of the molecule is CCCCCCCCC(CCCCCCCC)C(=O)OCCCCCC(=O)Nc1sc2c(c1C(=O)OCCN(C)C)CCN(C(=O)CCCCCOC(=O)C(CCCCCCCC)CCCCCCCC)C2. The monoisotopic (exact) mass is 1030 g/mol. The number of amides is 2. The van der Waals surface area contributed by atoms with Gasteiger partial charge in [0, 0.05) is 30.8 Å². The fourth-order valence-electron chi connectivity index (χ4n) is 9.81. The van der Waals surface area contributed by atoms with E-state index in [9.17, 15) is 24.0 Å². The number of anilines is 1. The van der Waals surface area contributed by atoms with E-state index in [0.29, 0.717) is 69.1 Å². The largest absolute Gasteiger partial charge is 0.465 e. The number of carbonyl (C=O) groups excluding carboxylic acids is 5. The number of carbonyl (C=O) groups is 5. The first-order valence-corrected chi connectivity index (χ1v) is 30.7. The third-order valence-corrected chi connectivity index (χ3v) is 15.6. The lowest BCUT2D eigenvalue weighted by molar-refractivity contribution is -0.150. The molecule has 0 unspecified atom stereocenters. The maximum atomic E-state index is 13.6. The van der Waals surface area contributed by atoms with Crippen molar-refractivity contribution in [2.75, 3.05) is 52.3 Å². The molecule has 0 spiro atoms. The Morgan fingerprint density at radius 3 is 1.39 bits per heavy atom. The van der Waals surface area contributed by atoms with Crippen LogP contribution in [0.4, 0.5) is 5.00 Å². The molecule has 1 aromatic rings. The highest BCUT2D eigenvalue weighted by Gasteiger charge is 2.31. The van der Waals surface area contributed by atoms with Gasteiger partial charge in [0.05, 0.1) is 37.2 Å². The van der Waals surface area contributed by atoms with Crippen LogP contribution in [0.2, 0.25) is 0 Å². The second kappa shape index (κ2) is 43.3. The third-order valence-electron chi connectivity index (χ3n) is 14.5. The van der Waals surface area contributed by atoms with Crippen molar-refractivity contribution >= 4 is 46.1 Å². The van der Waals surface area contributed by atoms with Crippen LogP contribution in [0.25, 0.3) is 0 Å². The summed E-state index contributed by atoms with van der Waals surface area (Å²) in [6, 6.07) is 0. The van der Waals surface area contributed by atoms with Crippen molar-refractivity contribution in [2.24, 2.45) is 11.8 Å². The van der Waals surface area contributed by atoms with Gasteiger partial charge in [0.15, 0.2) is 0 Å². The Morgan fingerprint density at radius 2 is 0.944 bits per heavy atom. The molecule has 1 aliphatic rings. The summed E-state index contributed by atoms with van der Waals surface area (Å²) in [5.74, 6) is -0.681. The number of unbranched alkanes of at least 4 members (excludes halogenated alkanes) is 24. The van der Waals surface area contributed by atoms with Crippen LogP contribution in [-0.2, 0) is 46.4 Å². The summed E-state index contributed by atoms with van der Waals surface area (Å²) in [7, 11) is 3.85. The summed E-state index contributed by atoms with van der Waals surface area (Å²) in [6.07, 6.45) is 38.4. The topological polar surface area (TPSA) is 132 Å². The second-order valence-electron chi connectivity index (χ2n) is 21.3. The van der Waals surface area contributed by atoms with E-state index < -0.39 is 5.97 Å². The fourth-order valence-corrected chi connectivity index (χ4v) is 11.1. The van der Waals surface area contributed by atoms with E-state index >= 15 is 0 Å². The van der Waals surface area contributed by atoms with E-state index in [1.165, 1.54) is 140 Å². The van der Waals surface area contributed by atoms with Crippen LogP contribution in [0.15, 0.2) is 0 Å². The summed E-state index contributed by atoms with van der Waals surface area (Å²) in [6.45, 7) is 11.4. The van der Waals surface area contributed by atoms with Crippen molar-refractivity contribution in [1.82, 2.24) is 9.80 Å². The Kier molecular flexibility index (Phi) is 39.1. The molecule has 0 aliphatic carbocycles. The number of nitrogens with one attached hydrogen (secondary N) is 1. The van der Waals surface area contributed by atoms with Crippen molar-refractivity contribution in [3.63, 3.8) is 0 Å². The van der Waals surface area contributed by atoms with Gasteiger partial charge in [-0.15, -0.1) is 11.3 Å². The van der Waals surface area contributed by atoms with Gasteiger partial charge in [-0.05, 0) is 90.3 Å². The Bertz CT molecular complexity index is 1550. The van der Waals surface area contributed by atoms with Gasteiger partial charge in [-0.2, -0.15) is 0 Å². The van der Waals surface area contributed by atoms with Crippen LogP contribution in [-0.4, -0.2) is 86.5 Å². The first-order chi connectivity index (χ1) is 35.1. The first kappa shape index (κ1) is 65.1. The number of hydrogen-bond acceptors (Lipinski definition) is 10. The normalized spacial score (nSPS) is 12.5. The van der Waals surface area contributed by atoms with Crippen molar-refractivity contribution in [2.45, 2.75) is 272 Å². The van der Waals surface area contributed by atoms with E-state index in [-0.39, 0.29) is 48.6 Å². The number of ether oxygens (including phenoxy) is 3. The molecule has 1 N–H and O–H groups in total. The quantitative estimate of drug-likeness (QED) is 0.0385. The molecule has 1 aromatic heterocycles. The Morgan fingerprint density at radius 1 is 0.528 bits per heavy atom. The molecule has 0 aromatic carbocycles. The zero-order valence-electron chi connectivity index (χ0n) is 47.1. The lowest BCUT2D eigenvalue weighted by Crippen LogP contribution is -2.35. The molecule has 72 heavy (non-hydrogen) atoms. The van der Waals surface area contributed by atoms with Crippen molar-refractivity contribution in [1.29, 1.82) is 0 Å². The van der Waals surface area contributed by atoms with Crippen molar-refractivity contribution < 1.29 is 38.2 Å². The summed E-state index contributed by atoms with van der Waals surface area (Å²) in [4.78, 5) is 71.5. The molecule has 0 atom stereocenters. The van der Waals surface area contributed by atoms with E-state index in [0.717, 1.165) is 87.5 Å². The highest BCUT2D eigenvalue weighted by Crippen LogP contribution is 2.38. The van der Waals surface area contributed by atoms with E-state index in [2.05, 4.69) is 33.0 Å². The highest BCUT2D eigenvalue weighted by atomic mass is 32.1. The lowest BCUT2D eigenvalue weighted by atomic mass is 9.94. The minimum atomic E-state index is -0.450. The minimum Gasteiger partial charge on any atom is -0.465 e. The Labute approximate surface area is 444 Å². The Hall–Kier alpha value is -2.99. The van der Waals surface area contributed by atoms with Crippen molar-refractivity contribution in [3.8, 4) is 0 Å². The predicted molar refractivity (Wildman–Crippen MR) is 299 cm³/mol. The van der Waals surface area contributed by atoms with E-state index in [4.69, 9.17) is 14.2 Å². The third kappa shape index (κ3) is 30.4. The second-order valence-corrected chi connectivity index (χ2v) is 22.4. The van der Waals surface area contributed by atoms with Crippen LogP contribution in [0, 0.1) is 11.8 Å². The van der Waals surface area contributed by atoms with Crippen LogP contribution < -0.4 is 5.32 Å². The molecule has 0 fully saturated rings. The zero-order chi connectivity index (χ0) is 52.4. The molecule has 0 saturated heterocycles. The number of nitrogens with zero attached hydrogens (tertiary/aromatic N) is 2. The molecule has 0 saturated carbocycles. The van der Waals surface area contributed by atoms with Gasteiger partial charge in [-0.1, -0.05) is 182 Å². The molecule has 0 radical (unpaired) electrons. The molecule has 1 aliphatic heterocycles. The van der Waals surface area contributed by atoms with Gasteiger partial charge in [-0.3, -0.25) is 19.2 Å². The highest BCUT2D eigenvalue weighted by molar-refractivity contribution is 7.17. The van der Waals surface area contributed by atoms with Crippen LogP contribution in [0.3, 0.4) is 0 Å². The van der Waals surface area contributed by atoms with Crippen LogP contribution >= 0.6 is 11.3 Å². The van der Waals surface area contributed by atoms with Gasteiger partial charge < -0.3 is 29.3 Å². The van der Waals surface area contributed by atoms with Gasteiger partial charge in [0.1, 0.15) is 11.6 Å². The molecule has 2 heterocycles. The molecule has 12 heteroatoms. The van der Waals surface area contributed by atoms with Crippen molar-refractivity contribution in [3.05, 3.63) is 16.0 Å². The van der Waals surface area contributed by atoms with Gasteiger partial charge in [-0.25, -0.2) is 4.79 Å². The first-order valence-electron chi connectivity index (χ1n) is 29.9. The maximum Gasteiger partial charge on any atom is 0.341 e. The van der Waals surface area contributed by atoms with E-state index in [1.807, 2.05) is 23.9 Å². The maximum absolute atomic E-state index is 13.6. The standard InChI is InChI=1S/C60H107N3O8S/c1-7-11-15-19-23-29-37-50(38-30-24-20-16-12-8-2)58(66)69-46-35-27-33-41-54(64)61-57-56(60(68)71-48-45-62(5)6)52-43-44-63(49-53(52)72-57)55(65)42-34-28-36-47-70-59(67)51(39-31-25-21-17-13-9-3)40-32-26-22-18-14-10-4/h50-51H,7-49H2,1-6H3,(H,61,64). The van der Waals surface area contributed by atoms with Gasteiger partial charge >= 0.3 is 17.9 Å². The number of rotatable bonds is 47. The number of thiophene rings is 1. The number of fused-ring (bicyclic) bond motifs is 1. The zero-order valence-corrected chi connectivity index (χ0v) is 47.9. The number of likely N-dealkylation sites (N-methyl/N-ethyl adjacent to an activating group) is 1. The summed E-state index contributed by atoms with van der Waals surface area (Å²) in [5.41, 5.74) is 1.27. The minimum absolute atomic E-state index is 0.00843. The number of hydrogen-bond donors (Lipinski definition) is 1. The summed E-state index contributed by atoms with van der Waals surface area (Å²) >= 11 is 1.37.